The molecule has 5 nitrogen and oxygen atoms in total. The third-order valence-electron chi connectivity index (χ3n) is 12.1. The fourth-order valence-corrected chi connectivity index (χ4v) is 10.9. The average Bonchev–Trinajstić information content (AvgIpc) is 4.06. The Kier molecular flexibility index (Phi) is 5.34. The van der Waals surface area contributed by atoms with E-state index < -0.39 is 0 Å². The minimum Gasteiger partial charge on any atom is -0.455 e. The van der Waals surface area contributed by atoms with Crippen LogP contribution in [0.3, 0.4) is 0 Å². The molecule has 0 bridgehead atoms. The first-order valence-corrected chi connectivity index (χ1v) is 19.7. The van der Waals surface area contributed by atoms with Crippen LogP contribution in [-0.4, -0.2) is 18.9 Å². The van der Waals surface area contributed by atoms with Gasteiger partial charge in [0.1, 0.15) is 11.2 Å². The standard InChI is InChI=1S/C50H26N4OS/c1-2-12-28-27(11-1)23-24-35-43-39(26-25-38-42(43)34-18-9-16-31-29-13-3-6-20-37(29)53(38)47(31)34)54(46(28)35)50-51-44-33-15-5-8-22-41(33)56-49(44)45(52-50)36-19-10-17-32-30-14-4-7-21-40(30)55-48(32)36/h1-26H. The number of thiophene rings is 1. The van der Waals surface area contributed by atoms with Crippen molar-refractivity contribution in [1.29, 1.82) is 0 Å². The molecule has 0 spiro atoms. The molecule has 6 aromatic heterocycles. The van der Waals surface area contributed by atoms with Crippen LogP contribution >= 0.6 is 11.3 Å². The van der Waals surface area contributed by atoms with E-state index in [2.05, 4.69) is 155 Å². The Morgan fingerprint density at radius 3 is 2.11 bits per heavy atom. The van der Waals surface area contributed by atoms with Gasteiger partial charge in [0.05, 0.1) is 43.5 Å². The minimum atomic E-state index is 0.640. The van der Waals surface area contributed by atoms with Gasteiger partial charge in [0.15, 0.2) is 0 Å². The van der Waals surface area contributed by atoms with Crippen LogP contribution in [0.25, 0.3) is 130 Å². The molecule has 14 rings (SSSR count). The highest BCUT2D eigenvalue weighted by Crippen LogP contribution is 2.47. The van der Waals surface area contributed by atoms with E-state index in [0.717, 1.165) is 65.2 Å². The van der Waals surface area contributed by atoms with Gasteiger partial charge in [0.2, 0.25) is 5.95 Å². The zero-order chi connectivity index (χ0) is 36.2. The summed E-state index contributed by atoms with van der Waals surface area (Å²) in [5, 5.41) is 13.1. The summed E-state index contributed by atoms with van der Waals surface area (Å²) in [5.74, 6) is 0.640. The van der Waals surface area contributed by atoms with Gasteiger partial charge in [-0.05, 0) is 41.8 Å². The molecule has 0 saturated heterocycles. The molecule has 8 aromatic carbocycles. The number of furan rings is 1. The van der Waals surface area contributed by atoms with Crippen LogP contribution in [0.5, 0.6) is 0 Å². The van der Waals surface area contributed by atoms with Crippen LogP contribution in [0.4, 0.5) is 0 Å². The van der Waals surface area contributed by atoms with E-state index >= 15 is 0 Å². The fourth-order valence-electron chi connectivity index (χ4n) is 9.79. The second kappa shape index (κ2) is 10.3. The van der Waals surface area contributed by atoms with E-state index in [-0.39, 0.29) is 0 Å². The predicted molar refractivity (Wildman–Crippen MR) is 234 cm³/mol. The topological polar surface area (TPSA) is 48.3 Å². The summed E-state index contributed by atoms with van der Waals surface area (Å²) in [7, 11) is 0. The molecule has 0 unspecified atom stereocenters. The summed E-state index contributed by atoms with van der Waals surface area (Å²) in [6, 6.07) is 56.6. The molecule has 0 saturated carbocycles. The fraction of sp³-hybridized carbons (Fsp3) is 0. The lowest BCUT2D eigenvalue weighted by Crippen LogP contribution is -2.03. The van der Waals surface area contributed by atoms with Crippen LogP contribution in [0.15, 0.2) is 162 Å². The van der Waals surface area contributed by atoms with E-state index in [1.807, 2.05) is 12.1 Å². The highest BCUT2D eigenvalue weighted by atomic mass is 32.1. The number of aromatic nitrogens is 4. The van der Waals surface area contributed by atoms with Gasteiger partial charge in [0.25, 0.3) is 0 Å². The van der Waals surface area contributed by atoms with Crippen molar-refractivity contribution in [3.8, 4) is 17.2 Å². The third-order valence-corrected chi connectivity index (χ3v) is 13.2. The van der Waals surface area contributed by atoms with E-state index in [4.69, 9.17) is 14.4 Å². The summed E-state index contributed by atoms with van der Waals surface area (Å²) in [4.78, 5) is 11.2. The molecule has 0 aliphatic heterocycles. The lowest BCUT2D eigenvalue weighted by Gasteiger charge is -2.11. The van der Waals surface area contributed by atoms with Gasteiger partial charge in [-0.15, -0.1) is 11.3 Å². The largest absolute Gasteiger partial charge is 0.455 e. The van der Waals surface area contributed by atoms with Crippen LogP contribution in [0.2, 0.25) is 0 Å². The zero-order valence-electron chi connectivity index (χ0n) is 29.6. The Bertz CT molecular complexity index is 4010. The quantitative estimate of drug-likeness (QED) is 0.178. The van der Waals surface area contributed by atoms with Crippen molar-refractivity contribution in [3.63, 3.8) is 0 Å². The van der Waals surface area contributed by atoms with Gasteiger partial charge in [-0.25, -0.2) is 9.97 Å². The maximum Gasteiger partial charge on any atom is 0.235 e. The van der Waals surface area contributed by atoms with Crippen LogP contribution in [-0.2, 0) is 0 Å². The highest BCUT2D eigenvalue weighted by molar-refractivity contribution is 7.26. The molecule has 0 N–H and O–H groups in total. The second-order valence-corrected chi connectivity index (χ2v) is 15.9. The molecule has 0 aliphatic rings. The van der Waals surface area contributed by atoms with Crippen LogP contribution in [0, 0.1) is 0 Å². The van der Waals surface area contributed by atoms with Crippen molar-refractivity contribution in [2.75, 3.05) is 0 Å². The van der Waals surface area contributed by atoms with E-state index in [9.17, 15) is 0 Å². The van der Waals surface area contributed by atoms with Gasteiger partial charge in [-0.3, -0.25) is 4.57 Å². The maximum absolute atomic E-state index is 6.66. The first-order chi connectivity index (χ1) is 27.8. The summed E-state index contributed by atoms with van der Waals surface area (Å²) < 4.78 is 13.7. The molecular weight excluding hydrogens is 705 g/mol. The van der Waals surface area contributed by atoms with Gasteiger partial charge < -0.3 is 8.82 Å². The number of hydrogen-bond donors (Lipinski definition) is 0. The van der Waals surface area contributed by atoms with Crippen LogP contribution in [0.1, 0.15) is 0 Å². The van der Waals surface area contributed by atoms with Crippen LogP contribution < -0.4 is 0 Å². The first-order valence-electron chi connectivity index (χ1n) is 18.9. The molecule has 0 amide bonds. The molecule has 0 fully saturated rings. The molecule has 6 heteroatoms. The lowest BCUT2D eigenvalue weighted by molar-refractivity contribution is 0.670. The number of nitrogens with zero attached hydrogens (tertiary/aromatic N) is 4. The molecule has 0 aliphatic carbocycles. The molecule has 56 heavy (non-hydrogen) atoms. The van der Waals surface area contributed by atoms with E-state index in [1.165, 1.54) is 59.0 Å². The van der Waals surface area contributed by atoms with E-state index in [0.29, 0.717) is 5.95 Å². The number of fused-ring (bicyclic) bond motifs is 18. The highest BCUT2D eigenvalue weighted by Gasteiger charge is 2.26. The SMILES string of the molecule is c1ccc2c(c1)ccc1c3c4c5cccc6c7ccccc7n(c4ccc3n(-c3nc(-c4cccc7c4oc4ccccc47)c4sc7ccccc7c4n3)c21)c65. The number of para-hydroxylation sites is 4. The molecule has 14 aromatic rings. The molecule has 0 radical (unpaired) electrons. The molecule has 0 atom stereocenters. The van der Waals surface area contributed by atoms with Gasteiger partial charge in [-0.1, -0.05) is 121 Å². The van der Waals surface area contributed by atoms with Gasteiger partial charge in [0, 0.05) is 64.1 Å². The Morgan fingerprint density at radius 1 is 0.464 bits per heavy atom. The minimum absolute atomic E-state index is 0.640. The summed E-state index contributed by atoms with van der Waals surface area (Å²) in [6.07, 6.45) is 0. The van der Waals surface area contributed by atoms with Crippen molar-refractivity contribution < 1.29 is 4.42 Å². The van der Waals surface area contributed by atoms with Gasteiger partial charge in [-0.2, -0.15) is 0 Å². The Labute approximate surface area is 321 Å². The number of benzene rings is 8. The third kappa shape index (κ3) is 3.51. The van der Waals surface area contributed by atoms with Crippen molar-refractivity contribution in [1.82, 2.24) is 18.9 Å². The van der Waals surface area contributed by atoms with Gasteiger partial charge >= 0.3 is 0 Å². The number of hydrogen-bond acceptors (Lipinski definition) is 4. The molecular formula is C50H26N4OS. The number of rotatable bonds is 2. The first kappa shape index (κ1) is 29.1. The van der Waals surface area contributed by atoms with Crippen molar-refractivity contribution >= 4 is 124 Å². The zero-order valence-corrected chi connectivity index (χ0v) is 30.4. The smallest absolute Gasteiger partial charge is 0.235 e. The second-order valence-electron chi connectivity index (χ2n) is 14.9. The Balaban J connectivity index is 1.19. The Morgan fingerprint density at radius 2 is 1.16 bits per heavy atom. The van der Waals surface area contributed by atoms with E-state index in [1.54, 1.807) is 11.3 Å². The summed E-state index contributed by atoms with van der Waals surface area (Å²) in [5.41, 5.74) is 10.4. The molecule has 258 valence electrons. The average molecular weight is 731 g/mol. The normalized spacial score (nSPS) is 12.6. The van der Waals surface area contributed by atoms with Crippen molar-refractivity contribution in [3.05, 3.63) is 158 Å². The predicted octanol–water partition coefficient (Wildman–Crippen LogP) is 13.8. The molecule has 6 heterocycles. The summed E-state index contributed by atoms with van der Waals surface area (Å²) in [6.45, 7) is 0. The van der Waals surface area contributed by atoms with Crippen molar-refractivity contribution in [2.24, 2.45) is 0 Å². The Hall–Kier alpha value is -7.28. The summed E-state index contributed by atoms with van der Waals surface area (Å²) >= 11 is 1.74. The maximum atomic E-state index is 6.66. The lowest BCUT2D eigenvalue weighted by atomic mass is 10.0. The van der Waals surface area contributed by atoms with Crippen molar-refractivity contribution in [2.45, 2.75) is 0 Å². The monoisotopic (exact) mass is 730 g/mol.